The number of carboxylic acids is 1. The number of methoxy groups -OCH3 is 3. The normalized spacial score (nSPS) is 20.5. The van der Waals surface area contributed by atoms with Crippen LogP contribution in [-0.2, 0) is 9.53 Å². The van der Waals surface area contributed by atoms with Crippen LogP contribution in [0.2, 0.25) is 0 Å². The molecule has 1 fully saturated rings. The Bertz CT molecular complexity index is 613. The van der Waals surface area contributed by atoms with E-state index < -0.39 is 11.4 Å². The van der Waals surface area contributed by atoms with E-state index >= 15 is 0 Å². The molecule has 1 aromatic carbocycles. The molecule has 0 bridgehead atoms. The van der Waals surface area contributed by atoms with Crippen molar-refractivity contribution in [1.82, 2.24) is 4.90 Å². The lowest BCUT2D eigenvalue weighted by molar-refractivity contribution is -0.155. The molecule has 0 aromatic heterocycles. The summed E-state index contributed by atoms with van der Waals surface area (Å²) in [5.41, 5.74) is -0.718. The maximum absolute atomic E-state index is 12.9. The van der Waals surface area contributed by atoms with Crippen LogP contribution >= 0.6 is 0 Å². The maximum atomic E-state index is 12.9. The second-order valence-electron chi connectivity index (χ2n) is 5.89. The van der Waals surface area contributed by atoms with E-state index in [-0.39, 0.29) is 19.1 Å². The first-order valence-electron chi connectivity index (χ1n) is 7.71. The largest absolute Gasteiger partial charge is 0.493 e. The van der Waals surface area contributed by atoms with Crippen molar-refractivity contribution in [2.45, 2.75) is 12.8 Å². The Morgan fingerprint density at radius 3 is 2.58 bits per heavy atom. The number of carbonyl (C=O) groups excluding carboxylic acids is 1. The molecule has 2 rings (SSSR count). The van der Waals surface area contributed by atoms with Crippen molar-refractivity contribution in [3.63, 3.8) is 0 Å². The monoisotopic (exact) mass is 337 g/mol. The van der Waals surface area contributed by atoms with E-state index in [4.69, 9.17) is 14.2 Å². The summed E-state index contributed by atoms with van der Waals surface area (Å²) in [5, 5.41) is 9.61. The topological polar surface area (TPSA) is 85.3 Å². The van der Waals surface area contributed by atoms with Gasteiger partial charge in [0.25, 0.3) is 5.91 Å². The molecule has 0 aliphatic carbocycles. The average Bonchev–Trinajstić information content (AvgIpc) is 2.60. The highest BCUT2D eigenvalue weighted by Crippen LogP contribution is 2.35. The van der Waals surface area contributed by atoms with E-state index in [0.29, 0.717) is 36.4 Å². The van der Waals surface area contributed by atoms with Gasteiger partial charge in [0, 0.05) is 20.2 Å². The molecule has 0 radical (unpaired) electrons. The summed E-state index contributed by atoms with van der Waals surface area (Å²) >= 11 is 0. The summed E-state index contributed by atoms with van der Waals surface area (Å²) < 4.78 is 15.6. The van der Waals surface area contributed by atoms with Crippen LogP contribution in [0.25, 0.3) is 0 Å². The molecule has 7 heteroatoms. The predicted octanol–water partition coefficient (Wildman–Crippen LogP) is 1.66. The average molecular weight is 337 g/mol. The Kier molecular flexibility index (Phi) is 5.66. The van der Waals surface area contributed by atoms with Crippen molar-refractivity contribution in [2.75, 3.05) is 41.0 Å². The standard InChI is InChI=1S/C17H23NO6/c1-22-11-17(16(20)21)8-5-9-18(10-17)15(19)12-6-4-7-13(23-2)14(12)24-3/h4,6-7H,5,8-11H2,1-3H3,(H,20,21). The fourth-order valence-electron chi connectivity index (χ4n) is 3.16. The maximum Gasteiger partial charge on any atom is 0.313 e. The van der Waals surface area contributed by atoms with Gasteiger partial charge in [0.1, 0.15) is 5.41 Å². The fraction of sp³-hybridized carbons (Fsp3) is 0.529. The highest BCUT2D eigenvalue weighted by Gasteiger charge is 2.44. The number of carbonyl (C=O) groups is 2. The van der Waals surface area contributed by atoms with Gasteiger partial charge in [-0.2, -0.15) is 0 Å². The molecule has 1 unspecified atom stereocenters. The third kappa shape index (κ3) is 3.31. The van der Waals surface area contributed by atoms with Crippen LogP contribution in [0.1, 0.15) is 23.2 Å². The van der Waals surface area contributed by atoms with Gasteiger partial charge in [-0.15, -0.1) is 0 Å². The van der Waals surface area contributed by atoms with Crippen LogP contribution < -0.4 is 9.47 Å². The number of nitrogens with zero attached hydrogens (tertiary/aromatic N) is 1. The molecule has 0 saturated carbocycles. The summed E-state index contributed by atoms with van der Waals surface area (Å²) in [6.07, 6.45) is 1.09. The second-order valence-corrected chi connectivity index (χ2v) is 5.89. The lowest BCUT2D eigenvalue weighted by Crippen LogP contribution is -2.52. The molecule has 1 aliphatic rings. The van der Waals surface area contributed by atoms with E-state index in [1.54, 1.807) is 23.1 Å². The van der Waals surface area contributed by atoms with Gasteiger partial charge < -0.3 is 24.2 Å². The van der Waals surface area contributed by atoms with Crippen LogP contribution in [0, 0.1) is 5.41 Å². The lowest BCUT2D eigenvalue weighted by Gasteiger charge is -2.39. The number of aliphatic carboxylic acids is 1. The summed E-state index contributed by atoms with van der Waals surface area (Å²) in [7, 11) is 4.44. The summed E-state index contributed by atoms with van der Waals surface area (Å²) in [6, 6.07) is 5.06. The van der Waals surface area contributed by atoms with Crippen molar-refractivity contribution >= 4 is 11.9 Å². The zero-order valence-corrected chi connectivity index (χ0v) is 14.2. The van der Waals surface area contributed by atoms with Crippen molar-refractivity contribution in [3.8, 4) is 11.5 Å². The Morgan fingerprint density at radius 2 is 2.00 bits per heavy atom. The number of piperidine rings is 1. The minimum absolute atomic E-state index is 0.0708. The van der Waals surface area contributed by atoms with Gasteiger partial charge in [-0.05, 0) is 25.0 Å². The molecule has 24 heavy (non-hydrogen) atoms. The van der Waals surface area contributed by atoms with Crippen molar-refractivity contribution in [3.05, 3.63) is 23.8 Å². The molecular weight excluding hydrogens is 314 g/mol. The number of amides is 1. The van der Waals surface area contributed by atoms with Gasteiger partial charge >= 0.3 is 5.97 Å². The second kappa shape index (κ2) is 7.53. The number of carboxylic acid groups (broad SMARTS) is 1. The minimum Gasteiger partial charge on any atom is -0.493 e. The van der Waals surface area contributed by atoms with E-state index in [9.17, 15) is 14.7 Å². The number of ether oxygens (including phenoxy) is 3. The summed E-state index contributed by atoms with van der Waals surface area (Å²) in [6.45, 7) is 0.675. The van der Waals surface area contributed by atoms with E-state index in [1.807, 2.05) is 0 Å². The van der Waals surface area contributed by atoms with Gasteiger partial charge in [0.05, 0.1) is 26.4 Å². The highest BCUT2D eigenvalue weighted by atomic mass is 16.5. The highest BCUT2D eigenvalue weighted by molar-refractivity contribution is 5.98. The molecule has 1 N–H and O–H groups in total. The minimum atomic E-state index is -1.07. The zero-order valence-electron chi connectivity index (χ0n) is 14.2. The molecule has 132 valence electrons. The first-order chi connectivity index (χ1) is 11.5. The van der Waals surface area contributed by atoms with E-state index in [2.05, 4.69) is 0 Å². The number of para-hydroxylation sites is 1. The number of benzene rings is 1. The molecular formula is C17H23NO6. The lowest BCUT2D eigenvalue weighted by atomic mass is 9.80. The molecule has 0 spiro atoms. The SMILES string of the molecule is COCC1(C(=O)O)CCCN(C(=O)c2cccc(OC)c2OC)C1. The smallest absolute Gasteiger partial charge is 0.313 e. The first kappa shape index (κ1) is 18.1. The van der Waals surface area contributed by atoms with Gasteiger partial charge in [0.2, 0.25) is 0 Å². The van der Waals surface area contributed by atoms with Gasteiger partial charge in [0.15, 0.2) is 11.5 Å². The van der Waals surface area contributed by atoms with Gasteiger partial charge in [-0.3, -0.25) is 9.59 Å². The Labute approximate surface area is 141 Å². The van der Waals surface area contributed by atoms with Crippen LogP contribution in [0.15, 0.2) is 18.2 Å². The zero-order chi connectivity index (χ0) is 17.7. The quantitative estimate of drug-likeness (QED) is 0.850. The third-order valence-electron chi connectivity index (χ3n) is 4.37. The number of hydrogen-bond donors (Lipinski definition) is 1. The fourth-order valence-corrected chi connectivity index (χ4v) is 3.16. The Hall–Kier alpha value is -2.28. The van der Waals surface area contributed by atoms with E-state index in [0.717, 1.165) is 0 Å². The van der Waals surface area contributed by atoms with Gasteiger partial charge in [-0.25, -0.2) is 0 Å². The van der Waals surface area contributed by atoms with Crippen LogP contribution in [-0.4, -0.2) is 62.9 Å². The third-order valence-corrected chi connectivity index (χ3v) is 4.37. The van der Waals surface area contributed by atoms with Crippen LogP contribution in [0.5, 0.6) is 11.5 Å². The first-order valence-corrected chi connectivity index (χ1v) is 7.71. The van der Waals surface area contributed by atoms with Crippen molar-refractivity contribution in [1.29, 1.82) is 0 Å². The molecule has 1 atom stereocenters. The summed E-state index contributed by atoms with van der Waals surface area (Å²) in [4.78, 5) is 26.2. The summed E-state index contributed by atoms with van der Waals surface area (Å²) in [5.74, 6) is -0.406. The van der Waals surface area contributed by atoms with Crippen molar-refractivity contribution in [2.24, 2.45) is 5.41 Å². The van der Waals surface area contributed by atoms with Crippen molar-refractivity contribution < 1.29 is 28.9 Å². The predicted molar refractivity (Wildman–Crippen MR) is 86.6 cm³/mol. The molecule has 1 amide bonds. The molecule has 1 aromatic rings. The number of rotatable bonds is 6. The Balaban J connectivity index is 2.31. The number of hydrogen-bond acceptors (Lipinski definition) is 5. The molecule has 1 saturated heterocycles. The molecule has 1 aliphatic heterocycles. The number of likely N-dealkylation sites (tertiary alicyclic amines) is 1. The van der Waals surface area contributed by atoms with Crippen LogP contribution in [0.4, 0.5) is 0 Å². The Morgan fingerprint density at radius 1 is 1.25 bits per heavy atom. The van der Waals surface area contributed by atoms with E-state index in [1.165, 1.54) is 21.3 Å². The van der Waals surface area contributed by atoms with Gasteiger partial charge in [-0.1, -0.05) is 6.07 Å². The molecule has 7 nitrogen and oxygen atoms in total. The van der Waals surface area contributed by atoms with Crippen LogP contribution in [0.3, 0.4) is 0 Å². The molecule has 1 heterocycles.